The SMILES string of the molecule is COCC[C@H]1CC[C@@H](N(C(=O)c2cc3c(cc2C(F)(F)F)OC(C)(C)C(=O)N3CCNC(=O)OCc2ccccc2)C(C)C)CC1. The Morgan fingerprint density at radius 1 is 1.11 bits per heavy atom. The number of carbonyl (C=O) groups excluding carboxylic acids is 3. The van der Waals surface area contributed by atoms with Crippen LogP contribution in [-0.2, 0) is 27.1 Å². The molecule has 3 amide bonds. The number of ether oxygens (including phenoxy) is 3. The molecule has 2 aromatic carbocycles. The Kier molecular flexibility index (Phi) is 11.2. The number of fused-ring (bicyclic) bond motifs is 1. The van der Waals surface area contributed by atoms with Crippen LogP contribution in [0.1, 0.15) is 81.3 Å². The highest BCUT2D eigenvalue weighted by atomic mass is 19.4. The van der Waals surface area contributed by atoms with E-state index in [2.05, 4.69) is 5.32 Å². The minimum atomic E-state index is -4.86. The van der Waals surface area contributed by atoms with Gasteiger partial charge in [-0.15, -0.1) is 0 Å². The van der Waals surface area contributed by atoms with Crippen molar-refractivity contribution in [3.8, 4) is 5.75 Å². The van der Waals surface area contributed by atoms with Crippen molar-refractivity contribution < 1.29 is 41.8 Å². The molecule has 1 fully saturated rings. The molecule has 12 heteroatoms. The molecular weight excluding hydrogens is 603 g/mol. The van der Waals surface area contributed by atoms with Gasteiger partial charge in [-0.3, -0.25) is 9.59 Å². The van der Waals surface area contributed by atoms with E-state index in [-0.39, 0.29) is 43.2 Å². The van der Waals surface area contributed by atoms with E-state index in [0.29, 0.717) is 25.4 Å². The first-order chi connectivity index (χ1) is 21.7. The van der Waals surface area contributed by atoms with E-state index < -0.39 is 40.8 Å². The highest BCUT2D eigenvalue weighted by molar-refractivity contribution is 6.05. The van der Waals surface area contributed by atoms with Gasteiger partial charge in [0.15, 0.2) is 5.60 Å². The quantitative estimate of drug-likeness (QED) is 0.296. The van der Waals surface area contributed by atoms with Gasteiger partial charge in [0, 0.05) is 38.9 Å². The molecule has 252 valence electrons. The van der Waals surface area contributed by atoms with E-state index in [0.717, 1.165) is 37.0 Å². The number of hydrogen-bond donors (Lipinski definition) is 1. The molecule has 1 N–H and O–H groups in total. The largest absolute Gasteiger partial charge is 0.476 e. The van der Waals surface area contributed by atoms with Crippen LogP contribution in [0, 0.1) is 5.92 Å². The number of alkyl halides is 3. The number of nitrogens with one attached hydrogen (secondary N) is 1. The van der Waals surface area contributed by atoms with Crippen LogP contribution in [0.2, 0.25) is 0 Å². The molecule has 1 aliphatic heterocycles. The number of methoxy groups -OCH3 is 1. The number of amides is 3. The summed E-state index contributed by atoms with van der Waals surface area (Å²) in [6.07, 6.45) is -1.60. The van der Waals surface area contributed by atoms with E-state index in [1.807, 2.05) is 18.2 Å². The van der Waals surface area contributed by atoms with E-state index in [1.165, 1.54) is 18.7 Å². The third-order valence-corrected chi connectivity index (χ3v) is 8.60. The molecule has 46 heavy (non-hydrogen) atoms. The Morgan fingerprint density at radius 3 is 2.39 bits per heavy atom. The van der Waals surface area contributed by atoms with Gasteiger partial charge in [-0.25, -0.2) is 4.79 Å². The summed E-state index contributed by atoms with van der Waals surface area (Å²) in [5.74, 6) is -0.994. The lowest BCUT2D eigenvalue weighted by Crippen LogP contribution is -2.54. The van der Waals surface area contributed by atoms with Crippen molar-refractivity contribution in [3.63, 3.8) is 0 Å². The third kappa shape index (κ3) is 8.31. The lowest BCUT2D eigenvalue weighted by molar-refractivity contribution is -0.138. The van der Waals surface area contributed by atoms with Crippen molar-refractivity contribution in [3.05, 3.63) is 59.2 Å². The Morgan fingerprint density at radius 2 is 1.78 bits per heavy atom. The molecule has 2 aromatic rings. The number of anilines is 1. The lowest BCUT2D eigenvalue weighted by Gasteiger charge is -2.41. The zero-order chi connectivity index (χ0) is 33.6. The predicted molar refractivity (Wildman–Crippen MR) is 167 cm³/mol. The second-order valence-corrected chi connectivity index (χ2v) is 12.7. The predicted octanol–water partition coefficient (Wildman–Crippen LogP) is 6.58. The Balaban J connectivity index is 1.59. The van der Waals surface area contributed by atoms with Crippen molar-refractivity contribution in [2.75, 3.05) is 31.7 Å². The summed E-state index contributed by atoms with van der Waals surface area (Å²) in [5, 5.41) is 2.59. The zero-order valence-corrected chi connectivity index (χ0v) is 27.1. The standard InChI is InChI=1S/C34H44F3N3O6/c1-22(2)40(25-13-11-23(12-14-25)15-18-44-5)30(41)26-19-28-29(20-27(26)34(35,36)37)46-33(3,4)31(42)39(28)17-16-38-32(43)45-21-24-9-7-6-8-10-24/h6-10,19-20,22-23,25H,11-18,21H2,1-5H3,(H,38,43)/t23-,25+. The van der Waals surface area contributed by atoms with Crippen LogP contribution in [0.15, 0.2) is 42.5 Å². The van der Waals surface area contributed by atoms with Gasteiger partial charge in [0.2, 0.25) is 0 Å². The normalized spacial score (nSPS) is 19.3. The fraction of sp³-hybridized carbons (Fsp3) is 0.559. The second-order valence-electron chi connectivity index (χ2n) is 12.7. The first-order valence-corrected chi connectivity index (χ1v) is 15.7. The summed E-state index contributed by atoms with van der Waals surface area (Å²) < 4.78 is 59.8. The molecule has 0 atom stereocenters. The summed E-state index contributed by atoms with van der Waals surface area (Å²) >= 11 is 0. The van der Waals surface area contributed by atoms with Crippen molar-refractivity contribution in [1.82, 2.24) is 10.2 Å². The van der Waals surface area contributed by atoms with Gasteiger partial charge in [-0.2, -0.15) is 13.2 Å². The zero-order valence-electron chi connectivity index (χ0n) is 27.1. The van der Waals surface area contributed by atoms with Crippen LogP contribution >= 0.6 is 0 Å². The molecule has 4 rings (SSSR count). The number of carbonyl (C=O) groups is 3. The van der Waals surface area contributed by atoms with Crippen molar-refractivity contribution >= 4 is 23.6 Å². The van der Waals surface area contributed by atoms with Crippen LogP contribution in [-0.4, -0.2) is 67.3 Å². The maximum absolute atomic E-state index is 14.5. The Labute approximate surface area is 268 Å². The lowest BCUT2D eigenvalue weighted by atomic mass is 9.83. The maximum Gasteiger partial charge on any atom is 0.417 e. The fourth-order valence-electron chi connectivity index (χ4n) is 6.25. The molecule has 1 saturated carbocycles. The van der Waals surface area contributed by atoms with Crippen molar-refractivity contribution in [2.24, 2.45) is 5.92 Å². The average molecular weight is 648 g/mol. The minimum absolute atomic E-state index is 0.0344. The molecule has 2 aliphatic rings. The number of benzene rings is 2. The van der Waals surface area contributed by atoms with Crippen molar-refractivity contribution in [1.29, 1.82) is 0 Å². The van der Waals surface area contributed by atoms with Crippen LogP contribution in [0.5, 0.6) is 5.75 Å². The first-order valence-electron chi connectivity index (χ1n) is 15.7. The van der Waals surface area contributed by atoms with Crippen LogP contribution < -0.4 is 15.0 Å². The van der Waals surface area contributed by atoms with Crippen LogP contribution in [0.4, 0.5) is 23.7 Å². The highest BCUT2D eigenvalue weighted by Gasteiger charge is 2.45. The monoisotopic (exact) mass is 647 g/mol. The molecule has 9 nitrogen and oxygen atoms in total. The topological polar surface area (TPSA) is 97.4 Å². The Bertz CT molecular complexity index is 1370. The summed E-state index contributed by atoms with van der Waals surface area (Å²) in [4.78, 5) is 42.7. The summed E-state index contributed by atoms with van der Waals surface area (Å²) in [7, 11) is 1.65. The van der Waals surface area contributed by atoms with Gasteiger partial charge in [0.05, 0.1) is 16.8 Å². The van der Waals surface area contributed by atoms with Gasteiger partial charge in [0.1, 0.15) is 12.4 Å². The first kappa shape index (κ1) is 35.1. The van der Waals surface area contributed by atoms with Gasteiger partial charge in [-0.05, 0) is 83.4 Å². The molecule has 0 spiro atoms. The maximum atomic E-state index is 14.5. The molecule has 0 unspecified atom stereocenters. The van der Waals surface area contributed by atoms with Crippen LogP contribution in [0.25, 0.3) is 0 Å². The molecular formula is C34H44F3N3O6. The summed E-state index contributed by atoms with van der Waals surface area (Å²) in [5.41, 5.74) is -2.32. The highest BCUT2D eigenvalue weighted by Crippen LogP contribution is 2.44. The van der Waals surface area contributed by atoms with Gasteiger partial charge >= 0.3 is 12.3 Å². The van der Waals surface area contributed by atoms with Gasteiger partial charge < -0.3 is 29.3 Å². The third-order valence-electron chi connectivity index (χ3n) is 8.60. The number of alkyl carbamates (subject to hydrolysis) is 1. The molecule has 0 aromatic heterocycles. The second kappa shape index (κ2) is 14.7. The van der Waals surface area contributed by atoms with Crippen molar-refractivity contribution in [2.45, 2.75) is 90.3 Å². The molecule has 0 bridgehead atoms. The van der Waals surface area contributed by atoms with Gasteiger partial charge in [-0.1, -0.05) is 30.3 Å². The smallest absolute Gasteiger partial charge is 0.417 e. The summed E-state index contributed by atoms with van der Waals surface area (Å²) in [6, 6.07) is 10.4. The molecule has 0 radical (unpaired) electrons. The molecule has 1 aliphatic carbocycles. The molecule has 1 heterocycles. The fourth-order valence-corrected chi connectivity index (χ4v) is 6.25. The Hall–Kier alpha value is -3.80. The molecule has 0 saturated heterocycles. The number of rotatable bonds is 11. The number of hydrogen-bond acceptors (Lipinski definition) is 6. The van der Waals surface area contributed by atoms with Crippen LogP contribution in [0.3, 0.4) is 0 Å². The van der Waals surface area contributed by atoms with E-state index in [4.69, 9.17) is 14.2 Å². The average Bonchev–Trinajstić information content (AvgIpc) is 3.00. The summed E-state index contributed by atoms with van der Waals surface area (Å²) in [6.45, 7) is 7.07. The van der Waals surface area contributed by atoms with E-state index in [1.54, 1.807) is 38.0 Å². The number of nitrogens with zero attached hydrogens (tertiary/aromatic N) is 2. The minimum Gasteiger partial charge on any atom is -0.476 e. The van der Waals surface area contributed by atoms with Gasteiger partial charge in [0.25, 0.3) is 11.8 Å². The van der Waals surface area contributed by atoms with E-state index >= 15 is 0 Å². The van der Waals surface area contributed by atoms with E-state index in [9.17, 15) is 27.6 Å². The number of halogens is 3.